The maximum absolute atomic E-state index is 3.72. The fourth-order valence-electron chi connectivity index (χ4n) is 1.48. The Kier molecular flexibility index (Phi) is 4.70. The Labute approximate surface area is 112 Å². The van der Waals surface area contributed by atoms with Crippen molar-refractivity contribution in [1.29, 1.82) is 0 Å². The predicted molar refractivity (Wildman–Crippen MR) is 77.2 cm³/mol. The number of aryl methyl sites for hydroxylation is 1. The summed E-state index contributed by atoms with van der Waals surface area (Å²) < 4.78 is 1.64. The summed E-state index contributed by atoms with van der Waals surface area (Å²) in [5.41, 5.74) is 2.24. The average molecular weight is 252 g/mol. The highest BCUT2D eigenvalue weighted by molar-refractivity contribution is 5.58. The van der Waals surface area contributed by atoms with Crippen molar-refractivity contribution in [2.24, 2.45) is 7.05 Å². The minimum absolute atomic E-state index is 1.12. The number of para-hydroxylation sites is 2. The topological polar surface area (TPSA) is 42.7 Å². The highest BCUT2D eigenvalue weighted by Gasteiger charge is 1.89. The van der Waals surface area contributed by atoms with Crippen molar-refractivity contribution in [3.8, 4) is 0 Å². The molecule has 1 N–H and O–H groups in total. The molecule has 0 radical (unpaired) electrons. The lowest BCUT2D eigenvalue weighted by molar-refractivity contribution is 0.765. The second-order valence-corrected chi connectivity index (χ2v) is 3.93. The zero-order valence-electron chi connectivity index (χ0n) is 10.8. The Morgan fingerprint density at radius 1 is 0.842 bits per heavy atom. The fraction of sp³-hybridized carbons (Fsp3) is 0.0667. The summed E-state index contributed by atoms with van der Waals surface area (Å²) in [7, 11) is 1.83. The van der Waals surface area contributed by atoms with Crippen molar-refractivity contribution >= 4 is 11.4 Å². The van der Waals surface area contributed by atoms with Gasteiger partial charge < -0.3 is 5.32 Å². The van der Waals surface area contributed by atoms with Gasteiger partial charge in [0.1, 0.15) is 12.7 Å². The number of rotatable bonds is 2. The standard InChI is InChI=1S/C12H11N.C3H5N3/c1-3-7-11(8-4-1)13-12-9-5-2-6-10-12;1-6-3-4-2-5-6/h1-10,13H;2-3H,1H3. The molecule has 4 nitrogen and oxygen atoms in total. The Hall–Kier alpha value is -2.62. The third-order valence-electron chi connectivity index (χ3n) is 2.37. The predicted octanol–water partition coefficient (Wildman–Crippen LogP) is 3.25. The third-order valence-corrected chi connectivity index (χ3v) is 2.37. The second-order valence-electron chi connectivity index (χ2n) is 3.93. The summed E-state index contributed by atoms with van der Waals surface area (Å²) in [6.07, 6.45) is 3.14. The summed E-state index contributed by atoms with van der Waals surface area (Å²) in [4.78, 5) is 3.67. The molecule has 0 saturated carbocycles. The number of aromatic nitrogens is 3. The molecule has 0 aliphatic rings. The lowest BCUT2D eigenvalue weighted by Gasteiger charge is -2.04. The smallest absolute Gasteiger partial charge is 0.137 e. The molecule has 0 amide bonds. The van der Waals surface area contributed by atoms with Crippen molar-refractivity contribution in [2.75, 3.05) is 5.32 Å². The SMILES string of the molecule is Cn1cncn1.c1ccc(Nc2ccccc2)cc1. The van der Waals surface area contributed by atoms with Crippen LogP contribution in [0.15, 0.2) is 73.3 Å². The Bertz CT molecular complexity index is 524. The second kappa shape index (κ2) is 6.96. The molecule has 3 aromatic rings. The van der Waals surface area contributed by atoms with Crippen LogP contribution in [0.25, 0.3) is 0 Å². The van der Waals surface area contributed by atoms with Crippen LogP contribution in [0, 0.1) is 0 Å². The zero-order valence-corrected chi connectivity index (χ0v) is 10.8. The van der Waals surface area contributed by atoms with Crippen molar-refractivity contribution < 1.29 is 0 Å². The van der Waals surface area contributed by atoms with Crippen molar-refractivity contribution in [3.05, 3.63) is 73.3 Å². The largest absolute Gasteiger partial charge is 0.356 e. The average Bonchev–Trinajstić information content (AvgIpc) is 2.93. The van der Waals surface area contributed by atoms with Crippen LogP contribution in [0.5, 0.6) is 0 Å². The highest BCUT2D eigenvalue weighted by Crippen LogP contribution is 2.14. The van der Waals surface area contributed by atoms with Crippen LogP contribution in [0.2, 0.25) is 0 Å². The van der Waals surface area contributed by atoms with Crippen LogP contribution >= 0.6 is 0 Å². The van der Waals surface area contributed by atoms with Gasteiger partial charge in [-0.1, -0.05) is 36.4 Å². The van der Waals surface area contributed by atoms with E-state index in [-0.39, 0.29) is 0 Å². The molecule has 0 saturated heterocycles. The molecule has 0 aliphatic carbocycles. The molecular weight excluding hydrogens is 236 g/mol. The molecule has 1 heterocycles. The van der Waals surface area contributed by atoms with Crippen LogP contribution < -0.4 is 5.32 Å². The molecule has 3 rings (SSSR count). The molecule has 0 aliphatic heterocycles. The van der Waals surface area contributed by atoms with E-state index >= 15 is 0 Å². The van der Waals surface area contributed by atoms with Gasteiger partial charge in [0.25, 0.3) is 0 Å². The van der Waals surface area contributed by atoms with Gasteiger partial charge in [0.2, 0.25) is 0 Å². The van der Waals surface area contributed by atoms with Gasteiger partial charge in [-0.2, -0.15) is 5.10 Å². The van der Waals surface area contributed by atoms with Crippen LogP contribution in [-0.2, 0) is 7.05 Å². The van der Waals surface area contributed by atoms with E-state index in [2.05, 4.69) is 15.4 Å². The number of benzene rings is 2. The molecule has 0 fully saturated rings. The first-order chi connectivity index (χ1) is 9.34. The number of nitrogens with zero attached hydrogens (tertiary/aromatic N) is 3. The molecular formula is C15H16N4. The zero-order chi connectivity index (χ0) is 13.3. The van der Waals surface area contributed by atoms with Crippen LogP contribution in [-0.4, -0.2) is 14.8 Å². The van der Waals surface area contributed by atoms with Crippen molar-refractivity contribution in [3.63, 3.8) is 0 Å². The van der Waals surface area contributed by atoms with E-state index in [0.29, 0.717) is 0 Å². The van der Waals surface area contributed by atoms with Gasteiger partial charge in [-0.15, -0.1) is 0 Å². The third kappa shape index (κ3) is 4.63. The van der Waals surface area contributed by atoms with Crippen LogP contribution in [0.3, 0.4) is 0 Å². The summed E-state index contributed by atoms with van der Waals surface area (Å²) in [5, 5.41) is 7.03. The lowest BCUT2D eigenvalue weighted by Crippen LogP contribution is -1.87. The van der Waals surface area contributed by atoms with Gasteiger partial charge >= 0.3 is 0 Å². The quantitative estimate of drug-likeness (QED) is 0.761. The molecule has 0 bridgehead atoms. The highest BCUT2D eigenvalue weighted by atomic mass is 15.3. The summed E-state index contributed by atoms with van der Waals surface area (Å²) in [6.45, 7) is 0. The molecule has 96 valence electrons. The van der Waals surface area contributed by atoms with Gasteiger partial charge in [0.05, 0.1) is 0 Å². The van der Waals surface area contributed by atoms with Gasteiger partial charge in [0, 0.05) is 18.4 Å². The minimum Gasteiger partial charge on any atom is -0.356 e. The first-order valence-corrected chi connectivity index (χ1v) is 6.00. The Morgan fingerprint density at radius 3 is 1.68 bits per heavy atom. The molecule has 4 heteroatoms. The van der Waals surface area contributed by atoms with E-state index in [1.54, 1.807) is 11.0 Å². The first kappa shape index (κ1) is 12.8. The molecule has 2 aromatic carbocycles. The van der Waals surface area contributed by atoms with Gasteiger partial charge in [-0.25, -0.2) is 4.98 Å². The van der Waals surface area contributed by atoms with Crippen molar-refractivity contribution in [2.45, 2.75) is 0 Å². The van der Waals surface area contributed by atoms with Gasteiger partial charge in [0.15, 0.2) is 0 Å². The van der Waals surface area contributed by atoms with Crippen LogP contribution in [0.4, 0.5) is 11.4 Å². The van der Waals surface area contributed by atoms with E-state index in [0.717, 1.165) is 11.4 Å². The maximum atomic E-state index is 3.72. The molecule has 0 spiro atoms. The number of hydrogen-bond acceptors (Lipinski definition) is 3. The summed E-state index contributed by atoms with van der Waals surface area (Å²) in [6, 6.07) is 20.3. The lowest BCUT2D eigenvalue weighted by atomic mass is 10.3. The van der Waals surface area contributed by atoms with E-state index in [1.807, 2.05) is 67.7 Å². The van der Waals surface area contributed by atoms with E-state index < -0.39 is 0 Å². The van der Waals surface area contributed by atoms with Gasteiger partial charge in [-0.05, 0) is 24.3 Å². The van der Waals surface area contributed by atoms with Crippen molar-refractivity contribution in [1.82, 2.24) is 14.8 Å². The monoisotopic (exact) mass is 252 g/mol. The summed E-state index contributed by atoms with van der Waals surface area (Å²) >= 11 is 0. The number of hydrogen-bond donors (Lipinski definition) is 1. The molecule has 19 heavy (non-hydrogen) atoms. The normalized spacial score (nSPS) is 9.32. The summed E-state index contributed by atoms with van der Waals surface area (Å²) in [5.74, 6) is 0. The number of anilines is 2. The minimum atomic E-state index is 1.12. The number of nitrogens with one attached hydrogen (secondary N) is 1. The van der Waals surface area contributed by atoms with E-state index in [9.17, 15) is 0 Å². The molecule has 0 unspecified atom stereocenters. The van der Waals surface area contributed by atoms with Crippen LogP contribution in [0.1, 0.15) is 0 Å². The van der Waals surface area contributed by atoms with E-state index in [4.69, 9.17) is 0 Å². The Morgan fingerprint density at radius 2 is 1.37 bits per heavy atom. The molecule has 0 atom stereocenters. The maximum Gasteiger partial charge on any atom is 0.137 e. The fourth-order valence-corrected chi connectivity index (χ4v) is 1.48. The molecule has 1 aromatic heterocycles. The Balaban J connectivity index is 0.000000186. The van der Waals surface area contributed by atoms with Gasteiger partial charge in [-0.3, -0.25) is 4.68 Å². The first-order valence-electron chi connectivity index (χ1n) is 6.00. The van der Waals surface area contributed by atoms with E-state index in [1.165, 1.54) is 6.33 Å².